The Morgan fingerprint density at radius 3 is 2.29 bits per heavy atom. The minimum absolute atomic E-state index is 0.0965. The summed E-state index contributed by atoms with van der Waals surface area (Å²) in [5.74, 6) is 1.12. The maximum absolute atomic E-state index is 12.2. The van der Waals surface area contributed by atoms with Gasteiger partial charge in [-0.15, -0.1) is 0 Å². The molecule has 0 saturated carbocycles. The fraction of sp³-hybridized carbons (Fsp3) is 0.429. The number of nitrogens with zero attached hydrogens (tertiary/aromatic N) is 1. The van der Waals surface area contributed by atoms with Gasteiger partial charge in [-0.25, -0.2) is 0 Å². The van der Waals surface area contributed by atoms with E-state index in [2.05, 4.69) is 10.6 Å². The summed E-state index contributed by atoms with van der Waals surface area (Å²) < 4.78 is 5.78. The molecule has 0 aliphatic heterocycles. The number of furan rings is 1. The lowest BCUT2D eigenvalue weighted by Gasteiger charge is -2.24. The van der Waals surface area contributed by atoms with Crippen molar-refractivity contribution < 1.29 is 14.0 Å². The summed E-state index contributed by atoms with van der Waals surface area (Å²) in [4.78, 5) is 26.1. The lowest BCUT2D eigenvalue weighted by Crippen LogP contribution is -2.47. The van der Waals surface area contributed by atoms with Crippen LogP contribution >= 0.6 is 11.6 Å². The van der Waals surface area contributed by atoms with Gasteiger partial charge in [-0.1, -0.05) is 18.5 Å². The highest BCUT2D eigenvalue weighted by Gasteiger charge is 2.17. The predicted molar refractivity (Wildman–Crippen MR) is 111 cm³/mol. The van der Waals surface area contributed by atoms with E-state index in [0.29, 0.717) is 17.3 Å². The maximum Gasteiger partial charge on any atom is 0.234 e. The third kappa shape index (κ3) is 7.37. The quantitative estimate of drug-likeness (QED) is 0.705. The number of amides is 2. The Kier molecular flexibility index (Phi) is 7.66. The molecule has 2 amide bonds. The van der Waals surface area contributed by atoms with Crippen molar-refractivity contribution in [3.63, 3.8) is 0 Å². The van der Waals surface area contributed by atoms with Crippen molar-refractivity contribution in [3.05, 3.63) is 47.2 Å². The Morgan fingerprint density at radius 1 is 1.04 bits per heavy atom. The van der Waals surface area contributed by atoms with E-state index in [-0.39, 0.29) is 37.0 Å². The summed E-state index contributed by atoms with van der Waals surface area (Å²) in [6.45, 7) is 8.93. The zero-order chi connectivity index (χ0) is 20.7. The van der Waals surface area contributed by atoms with Gasteiger partial charge in [-0.2, -0.15) is 0 Å². The molecule has 2 rings (SSSR count). The van der Waals surface area contributed by atoms with Crippen molar-refractivity contribution in [2.75, 3.05) is 19.6 Å². The highest BCUT2D eigenvalue weighted by Crippen LogP contribution is 2.23. The zero-order valence-corrected chi connectivity index (χ0v) is 17.6. The van der Waals surface area contributed by atoms with Gasteiger partial charge >= 0.3 is 0 Å². The normalized spacial score (nSPS) is 11.5. The molecular weight excluding hydrogens is 378 g/mol. The van der Waals surface area contributed by atoms with E-state index in [1.807, 2.05) is 52.0 Å². The van der Waals surface area contributed by atoms with Crippen LogP contribution in [0.15, 0.2) is 40.8 Å². The average molecular weight is 406 g/mol. The molecule has 0 unspecified atom stereocenters. The van der Waals surface area contributed by atoms with E-state index >= 15 is 0 Å². The molecule has 0 aliphatic carbocycles. The summed E-state index contributed by atoms with van der Waals surface area (Å²) in [6, 6.07) is 11.1. The second kappa shape index (κ2) is 9.75. The molecule has 0 spiro atoms. The Balaban J connectivity index is 1.83. The lowest BCUT2D eigenvalue weighted by molar-refractivity contribution is -0.125. The van der Waals surface area contributed by atoms with Gasteiger partial charge in [0.2, 0.25) is 11.8 Å². The van der Waals surface area contributed by atoms with Crippen LogP contribution in [0.1, 0.15) is 33.5 Å². The van der Waals surface area contributed by atoms with Gasteiger partial charge in [0.05, 0.1) is 19.6 Å². The van der Waals surface area contributed by atoms with Crippen molar-refractivity contribution in [2.45, 2.75) is 39.8 Å². The highest BCUT2D eigenvalue weighted by molar-refractivity contribution is 6.30. The number of nitrogens with one attached hydrogen (secondary N) is 2. The molecule has 1 heterocycles. The van der Waals surface area contributed by atoms with Gasteiger partial charge in [0.1, 0.15) is 11.5 Å². The molecule has 0 radical (unpaired) electrons. The Hall–Kier alpha value is -2.31. The second-order valence-electron chi connectivity index (χ2n) is 7.65. The van der Waals surface area contributed by atoms with Crippen LogP contribution in [-0.2, 0) is 16.1 Å². The summed E-state index contributed by atoms with van der Waals surface area (Å²) in [5.41, 5.74) is 0.629. The van der Waals surface area contributed by atoms with Crippen LogP contribution in [0.2, 0.25) is 5.02 Å². The lowest BCUT2D eigenvalue weighted by atomic mass is 10.1. The van der Waals surface area contributed by atoms with Crippen LogP contribution in [0.5, 0.6) is 0 Å². The maximum atomic E-state index is 12.2. The SMILES string of the molecule is CCN(CC(=O)NCc1ccc(-c2ccc(Cl)cc2)o1)CC(=O)NC(C)(C)C. The number of hydrogen-bond donors (Lipinski definition) is 2. The molecule has 2 aromatic rings. The molecule has 1 aromatic carbocycles. The first-order valence-corrected chi connectivity index (χ1v) is 9.69. The van der Waals surface area contributed by atoms with Gasteiger partial charge in [-0.05, 0) is 63.7 Å². The Labute approximate surface area is 171 Å². The first kappa shape index (κ1) is 22.0. The van der Waals surface area contributed by atoms with E-state index < -0.39 is 0 Å². The van der Waals surface area contributed by atoms with E-state index in [4.69, 9.17) is 16.0 Å². The van der Waals surface area contributed by atoms with Crippen molar-refractivity contribution in [2.24, 2.45) is 0 Å². The Bertz CT molecular complexity index is 794. The van der Waals surface area contributed by atoms with Crippen molar-refractivity contribution >= 4 is 23.4 Å². The van der Waals surface area contributed by atoms with Crippen LogP contribution < -0.4 is 10.6 Å². The third-order valence-corrected chi connectivity index (χ3v) is 4.20. The number of likely N-dealkylation sites (N-methyl/N-ethyl adjacent to an activating group) is 1. The number of carbonyl (C=O) groups excluding carboxylic acids is 2. The number of halogens is 1. The van der Waals surface area contributed by atoms with Crippen LogP contribution in [-0.4, -0.2) is 41.9 Å². The van der Waals surface area contributed by atoms with Crippen LogP contribution in [0.25, 0.3) is 11.3 Å². The first-order valence-electron chi connectivity index (χ1n) is 9.31. The smallest absolute Gasteiger partial charge is 0.234 e. The summed E-state index contributed by atoms with van der Waals surface area (Å²) in [7, 11) is 0. The molecule has 0 aliphatic rings. The van der Waals surface area contributed by atoms with Gasteiger partial charge in [0.25, 0.3) is 0 Å². The number of carbonyl (C=O) groups is 2. The summed E-state index contributed by atoms with van der Waals surface area (Å²) >= 11 is 5.90. The van der Waals surface area contributed by atoms with Gasteiger partial charge in [0, 0.05) is 16.1 Å². The van der Waals surface area contributed by atoms with E-state index in [1.165, 1.54) is 0 Å². The Morgan fingerprint density at radius 2 is 1.68 bits per heavy atom. The van der Waals surface area contributed by atoms with Gasteiger partial charge in [-0.3, -0.25) is 14.5 Å². The van der Waals surface area contributed by atoms with Crippen LogP contribution in [0.3, 0.4) is 0 Å². The average Bonchev–Trinajstić information content (AvgIpc) is 3.07. The van der Waals surface area contributed by atoms with Crippen LogP contribution in [0, 0.1) is 0 Å². The monoisotopic (exact) mass is 405 g/mol. The van der Waals surface area contributed by atoms with Gasteiger partial charge in [0.15, 0.2) is 0 Å². The largest absolute Gasteiger partial charge is 0.459 e. The second-order valence-corrected chi connectivity index (χ2v) is 8.09. The number of benzene rings is 1. The molecule has 7 heteroatoms. The van der Waals surface area contributed by atoms with Crippen LogP contribution in [0.4, 0.5) is 0 Å². The molecular formula is C21H28ClN3O3. The van der Waals surface area contributed by atoms with Crippen molar-refractivity contribution in [3.8, 4) is 11.3 Å². The number of hydrogen-bond acceptors (Lipinski definition) is 4. The van der Waals surface area contributed by atoms with Gasteiger partial charge < -0.3 is 15.1 Å². The van der Waals surface area contributed by atoms with Crippen molar-refractivity contribution in [1.82, 2.24) is 15.5 Å². The molecule has 2 N–H and O–H groups in total. The molecule has 0 atom stereocenters. The highest BCUT2D eigenvalue weighted by atomic mass is 35.5. The molecule has 1 aromatic heterocycles. The standard InChI is InChI=1S/C21H28ClN3O3/c1-5-25(14-20(27)24-21(2,3)4)13-19(26)23-12-17-10-11-18(28-17)15-6-8-16(22)9-7-15/h6-11H,5,12-14H2,1-4H3,(H,23,26)(H,24,27). The minimum atomic E-state index is -0.292. The third-order valence-electron chi connectivity index (χ3n) is 3.95. The first-order chi connectivity index (χ1) is 13.2. The topological polar surface area (TPSA) is 74.6 Å². The van der Waals surface area contributed by atoms with Crippen molar-refractivity contribution in [1.29, 1.82) is 0 Å². The minimum Gasteiger partial charge on any atom is -0.459 e. The van der Waals surface area contributed by atoms with E-state index in [9.17, 15) is 9.59 Å². The summed E-state index contributed by atoms with van der Waals surface area (Å²) in [6.07, 6.45) is 0. The molecule has 152 valence electrons. The molecule has 0 fully saturated rings. The molecule has 28 heavy (non-hydrogen) atoms. The molecule has 6 nitrogen and oxygen atoms in total. The predicted octanol–water partition coefficient (Wildman–Crippen LogP) is 3.45. The summed E-state index contributed by atoms with van der Waals surface area (Å²) in [5, 5.41) is 6.40. The van der Waals surface area contributed by atoms with E-state index in [0.717, 1.165) is 11.3 Å². The fourth-order valence-electron chi connectivity index (χ4n) is 2.63. The van der Waals surface area contributed by atoms with E-state index in [1.54, 1.807) is 17.0 Å². The molecule has 0 saturated heterocycles. The molecule has 0 bridgehead atoms. The number of rotatable bonds is 8. The fourth-order valence-corrected chi connectivity index (χ4v) is 2.75. The zero-order valence-electron chi connectivity index (χ0n) is 16.8.